The Kier molecular flexibility index (Phi) is 7.57. The van der Waals surface area contributed by atoms with Crippen LogP contribution in [0.5, 0.6) is 5.75 Å². The van der Waals surface area contributed by atoms with Crippen molar-refractivity contribution in [1.82, 2.24) is 15.2 Å². The number of amides is 2. The van der Waals surface area contributed by atoms with Gasteiger partial charge in [0.25, 0.3) is 11.8 Å². The van der Waals surface area contributed by atoms with E-state index in [0.717, 1.165) is 13.0 Å². The summed E-state index contributed by atoms with van der Waals surface area (Å²) in [7, 11) is 5.45. The van der Waals surface area contributed by atoms with Gasteiger partial charge in [-0.2, -0.15) is 0 Å². The lowest BCUT2D eigenvalue weighted by Gasteiger charge is -2.11. The largest absolute Gasteiger partial charge is 0.495 e. The third kappa shape index (κ3) is 6.23. The third-order valence-corrected chi connectivity index (χ3v) is 3.97. The zero-order chi connectivity index (χ0) is 19.8. The maximum absolute atomic E-state index is 12.5. The molecule has 0 atom stereocenters. The Hall–Kier alpha value is -2.64. The molecule has 2 amide bonds. The van der Waals surface area contributed by atoms with Gasteiger partial charge < -0.3 is 20.3 Å². The Balaban J connectivity index is 2.05. The number of carbonyl (C=O) groups is 2. The molecule has 1 aromatic carbocycles. The van der Waals surface area contributed by atoms with Crippen molar-refractivity contribution in [3.05, 3.63) is 52.8 Å². The van der Waals surface area contributed by atoms with Gasteiger partial charge in [-0.15, -0.1) is 0 Å². The van der Waals surface area contributed by atoms with Crippen molar-refractivity contribution in [3.63, 3.8) is 0 Å². The van der Waals surface area contributed by atoms with Crippen molar-refractivity contribution in [2.75, 3.05) is 39.6 Å². The fourth-order valence-electron chi connectivity index (χ4n) is 2.36. The predicted molar refractivity (Wildman–Crippen MR) is 106 cm³/mol. The van der Waals surface area contributed by atoms with E-state index in [2.05, 4.69) is 15.6 Å². The molecule has 0 saturated heterocycles. The monoisotopic (exact) mass is 390 g/mol. The summed E-state index contributed by atoms with van der Waals surface area (Å²) in [4.78, 5) is 30.8. The van der Waals surface area contributed by atoms with E-state index in [9.17, 15) is 9.59 Å². The topological polar surface area (TPSA) is 83.6 Å². The van der Waals surface area contributed by atoms with Crippen LogP contribution < -0.4 is 15.4 Å². The Bertz CT molecular complexity index is 811. The van der Waals surface area contributed by atoms with Gasteiger partial charge in [-0.25, -0.2) is 0 Å². The highest BCUT2D eigenvalue weighted by Gasteiger charge is 2.14. The third-order valence-electron chi connectivity index (χ3n) is 3.73. The van der Waals surface area contributed by atoms with Crippen molar-refractivity contribution >= 4 is 29.1 Å². The highest BCUT2D eigenvalue weighted by Crippen LogP contribution is 2.28. The number of pyridine rings is 1. The zero-order valence-electron chi connectivity index (χ0n) is 15.6. The number of rotatable bonds is 8. The standard InChI is InChI=1S/C19H23ClN4O3/c1-24(2)10-4-8-22-19(26)16-11-13(7-9-21-16)18(25)23-15-12-14(20)5-6-17(15)27-3/h5-7,9,11-12H,4,8,10H2,1-3H3,(H,22,26)(H,23,25). The number of nitrogens with zero attached hydrogens (tertiary/aromatic N) is 2. The second kappa shape index (κ2) is 9.89. The van der Waals surface area contributed by atoms with Gasteiger partial charge in [0, 0.05) is 23.3 Å². The van der Waals surface area contributed by atoms with E-state index in [-0.39, 0.29) is 17.5 Å². The smallest absolute Gasteiger partial charge is 0.269 e. The predicted octanol–water partition coefficient (Wildman–Crippen LogP) is 2.68. The quantitative estimate of drug-likeness (QED) is 0.677. The van der Waals surface area contributed by atoms with E-state index < -0.39 is 0 Å². The minimum absolute atomic E-state index is 0.186. The summed E-state index contributed by atoms with van der Waals surface area (Å²) in [5.74, 6) is -0.218. The molecule has 0 radical (unpaired) electrons. The number of nitrogens with one attached hydrogen (secondary N) is 2. The highest BCUT2D eigenvalue weighted by molar-refractivity contribution is 6.31. The van der Waals surface area contributed by atoms with Gasteiger partial charge in [-0.1, -0.05) is 11.6 Å². The minimum atomic E-state index is -0.389. The van der Waals surface area contributed by atoms with E-state index in [0.29, 0.717) is 28.6 Å². The summed E-state index contributed by atoms with van der Waals surface area (Å²) in [6.45, 7) is 1.41. The van der Waals surface area contributed by atoms with Crippen molar-refractivity contribution < 1.29 is 14.3 Å². The van der Waals surface area contributed by atoms with E-state index in [1.54, 1.807) is 18.2 Å². The number of carbonyl (C=O) groups excluding carboxylic acids is 2. The number of ether oxygens (including phenoxy) is 1. The van der Waals surface area contributed by atoms with Gasteiger partial charge in [-0.05, 0) is 57.4 Å². The van der Waals surface area contributed by atoms with Crippen molar-refractivity contribution in [2.24, 2.45) is 0 Å². The van der Waals surface area contributed by atoms with Gasteiger partial charge in [0.05, 0.1) is 12.8 Å². The summed E-state index contributed by atoms with van der Waals surface area (Å²) in [5, 5.41) is 6.01. The second-order valence-electron chi connectivity index (χ2n) is 6.14. The van der Waals surface area contributed by atoms with Crippen LogP contribution in [0, 0.1) is 0 Å². The molecule has 0 saturated carbocycles. The highest BCUT2D eigenvalue weighted by atomic mass is 35.5. The Morgan fingerprint density at radius 2 is 1.96 bits per heavy atom. The lowest BCUT2D eigenvalue weighted by atomic mass is 10.2. The molecular weight excluding hydrogens is 368 g/mol. The number of anilines is 1. The van der Waals surface area contributed by atoms with Crippen molar-refractivity contribution in [3.8, 4) is 5.75 Å². The van der Waals surface area contributed by atoms with Crippen molar-refractivity contribution in [2.45, 2.75) is 6.42 Å². The van der Waals surface area contributed by atoms with E-state index in [1.165, 1.54) is 25.4 Å². The van der Waals surface area contributed by atoms with Gasteiger partial charge >= 0.3 is 0 Å². The summed E-state index contributed by atoms with van der Waals surface area (Å²) >= 11 is 5.98. The number of hydrogen-bond acceptors (Lipinski definition) is 5. The van der Waals surface area contributed by atoms with E-state index >= 15 is 0 Å². The molecule has 0 aliphatic rings. The van der Waals surface area contributed by atoms with Crippen LogP contribution in [0.2, 0.25) is 5.02 Å². The lowest BCUT2D eigenvalue weighted by Crippen LogP contribution is -2.28. The second-order valence-corrected chi connectivity index (χ2v) is 6.58. The van der Waals surface area contributed by atoms with Crippen LogP contribution in [-0.2, 0) is 0 Å². The molecule has 7 nitrogen and oxygen atoms in total. The normalized spacial score (nSPS) is 10.6. The molecule has 1 heterocycles. The molecule has 8 heteroatoms. The Morgan fingerprint density at radius 1 is 1.19 bits per heavy atom. The molecule has 0 spiro atoms. The van der Waals surface area contributed by atoms with Gasteiger partial charge in [-0.3, -0.25) is 14.6 Å². The molecule has 0 aliphatic heterocycles. The molecule has 0 bridgehead atoms. The van der Waals surface area contributed by atoms with E-state index in [4.69, 9.17) is 16.3 Å². The van der Waals surface area contributed by atoms with Crippen LogP contribution in [0.3, 0.4) is 0 Å². The van der Waals surface area contributed by atoms with Crippen LogP contribution in [0.4, 0.5) is 5.69 Å². The van der Waals surface area contributed by atoms with Crippen LogP contribution in [0.1, 0.15) is 27.3 Å². The SMILES string of the molecule is COc1ccc(Cl)cc1NC(=O)c1ccnc(C(=O)NCCCN(C)C)c1. The first-order valence-corrected chi connectivity index (χ1v) is 8.82. The summed E-state index contributed by atoms with van der Waals surface area (Å²) in [6, 6.07) is 7.92. The maximum atomic E-state index is 12.5. The molecule has 144 valence electrons. The molecule has 27 heavy (non-hydrogen) atoms. The number of hydrogen-bond donors (Lipinski definition) is 2. The number of methoxy groups -OCH3 is 1. The van der Waals surface area contributed by atoms with Crippen molar-refractivity contribution in [1.29, 1.82) is 0 Å². The first-order valence-electron chi connectivity index (χ1n) is 8.44. The molecule has 2 N–H and O–H groups in total. The molecule has 0 fully saturated rings. The van der Waals surface area contributed by atoms with Crippen LogP contribution >= 0.6 is 11.6 Å². The number of aromatic nitrogens is 1. The van der Waals surface area contributed by atoms with Gasteiger partial charge in [0.15, 0.2) is 0 Å². The van der Waals surface area contributed by atoms with Crippen LogP contribution in [-0.4, -0.2) is 56.0 Å². The van der Waals surface area contributed by atoms with E-state index in [1.807, 2.05) is 19.0 Å². The average Bonchev–Trinajstić information content (AvgIpc) is 2.65. The van der Waals surface area contributed by atoms with Crippen LogP contribution in [0.25, 0.3) is 0 Å². The number of halogens is 1. The first-order chi connectivity index (χ1) is 12.9. The van der Waals surface area contributed by atoms with Gasteiger partial charge in [0.2, 0.25) is 0 Å². The molecule has 0 unspecified atom stereocenters. The molecule has 2 rings (SSSR count). The Labute approximate surface area is 163 Å². The maximum Gasteiger partial charge on any atom is 0.269 e. The Morgan fingerprint density at radius 3 is 2.67 bits per heavy atom. The zero-order valence-corrected chi connectivity index (χ0v) is 16.3. The summed E-state index contributed by atoms with van der Waals surface area (Å²) in [5.41, 5.74) is 0.942. The summed E-state index contributed by atoms with van der Waals surface area (Å²) in [6.07, 6.45) is 2.26. The number of benzene rings is 1. The first kappa shape index (κ1) is 20.7. The summed E-state index contributed by atoms with van der Waals surface area (Å²) < 4.78 is 5.22. The molecular formula is C19H23ClN4O3. The lowest BCUT2D eigenvalue weighted by molar-refractivity contribution is 0.0947. The minimum Gasteiger partial charge on any atom is -0.495 e. The molecule has 1 aromatic heterocycles. The fraction of sp³-hybridized carbons (Fsp3) is 0.316. The van der Waals surface area contributed by atoms with Gasteiger partial charge in [0.1, 0.15) is 11.4 Å². The van der Waals surface area contributed by atoms with Crippen LogP contribution in [0.15, 0.2) is 36.5 Å². The molecule has 2 aromatic rings. The molecule has 0 aliphatic carbocycles. The fourth-order valence-corrected chi connectivity index (χ4v) is 2.53. The average molecular weight is 391 g/mol.